The molecule has 1 unspecified atom stereocenters. The molecule has 1 aromatic carbocycles. The molecule has 0 radical (unpaired) electrons. The number of hydrogen-bond acceptors (Lipinski definition) is 4. The van der Waals surface area contributed by atoms with Crippen LogP contribution in [-0.2, 0) is 0 Å². The van der Waals surface area contributed by atoms with Crippen molar-refractivity contribution in [2.45, 2.75) is 13.0 Å². The van der Waals surface area contributed by atoms with Gasteiger partial charge < -0.3 is 14.8 Å². The second-order valence-corrected chi connectivity index (χ2v) is 4.37. The minimum atomic E-state index is -0.336. The van der Waals surface area contributed by atoms with E-state index < -0.39 is 0 Å². The van der Waals surface area contributed by atoms with Gasteiger partial charge in [0.05, 0.1) is 12.2 Å². The predicted molar refractivity (Wildman–Crippen MR) is 68.8 cm³/mol. The van der Waals surface area contributed by atoms with E-state index in [1.54, 1.807) is 6.20 Å². The molecule has 1 N–H and O–H groups in total. The van der Waals surface area contributed by atoms with Crippen LogP contribution in [0.25, 0.3) is 0 Å². The molecule has 1 aromatic heterocycles. The first-order chi connectivity index (χ1) is 9.22. The van der Waals surface area contributed by atoms with E-state index in [9.17, 15) is 4.39 Å². The fraction of sp³-hybridized carbons (Fsp3) is 0.214. The van der Waals surface area contributed by atoms with Crippen LogP contribution in [0.1, 0.15) is 18.5 Å². The predicted octanol–water partition coefficient (Wildman–Crippen LogP) is 3.12. The Labute approximate surface area is 110 Å². The molecule has 0 saturated heterocycles. The van der Waals surface area contributed by atoms with E-state index in [1.165, 1.54) is 12.3 Å². The van der Waals surface area contributed by atoms with Crippen LogP contribution in [0.3, 0.4) is 0 Å². The van der Waals surface area contributed by atoms with E-state index in [0.29, 0.717) is 0 Å². The molecule has 0 amide bonds. The highest BCUT2D eigenvalue weighted by Crippen LogP contribution is 2.35. The van der Waals surface area contributed by atoms with Crippen LogP contribution in [0.5, 0.6) is 11.5 Å². The number of anilines is 1. The summed E-state index contributed by atoms with van der Waals surface area (Å²) in [6.07, 6.45) is 2.84. The van der Waals surface area contributed by atoms with E-state index >= 15 is 0 Å². The first-order valence-electron chi connectivity index (χ1n) is 5.99. The van der Waals surface area contributed by atoms with Crippen LogP contribution in [0.15, 0.2) is 36.7 Å². The van der Waals surface area contributed by atoms with Crippen molar-refractivity contribution < 1.29 is 13.9 Å². The van der Waals surface area contributed by atoms with Crippen LogP contribution in [0, 0.1) is 5.82 Å². The first-order valence-corrected chi connectivity index (χ1v) is 5.99. The Bertz CT molecular complexity index is 604. The van der Waals surface area contributed by atoms with Gasteiger partial charge in [-0.3, -0.25) is 4.98 Å². The van der Waals surface area contributed by atoms with Gasteiger partial charge >= 0.3 is 0 Å². The van der Waals surface area contributed by atoms with Crippen molar-refractivity contribution in [3.63, 3.8) is 0 Å². The molecule has 0 aliphatic carbocycles. The molecular weight excluding hydrogens is 247 g/mol. The van der Waals surface area contributed by atoms with Gasteiger partial charge in [0.2, 0.25) is 6.79 Å². The molecule has 0 fully saturated rings. The van der Waals surface area contributed by atoms with E-state index in [1.807, 2.05) is 25.1 Å². The zero-order chi connectivity index (χ0) is 13.2. The van der Waals surface area contributed by atoms with Crippen LogP contribution >= 0.6 is 0 Å². The number of fused-ring (bicyclic) bond motifs is 1. The molecule has 4 nitrogen and oxygen atoms in total. The van der Waals surface area contributed by atoms with Gasteiger partial charge in [-0.1, -0.05) is 0 Å². The maximum Gasteiger partial charge on any atom is 0.231 e. The topological polar surface area (TPSA) is 43.4 Å². The first kappa shape index (κ1) is 11.8. The number of aromatic nitrogens is 1. The number of ether oxygens (including phenoxy) is 2. The maximum absolute atomic E-state index is 13.1. The Morgan fingerprint density at radius 3 is 2.89 bits per heavy atom. The van der Waals surface area contributed by atoms with Gasteiger partial charge in [0, 0.05) is 18.0 Å². The zero-order valence-corrected chi connectivity index (χ0v) is 10.4. The molecule has 1 atom stereocenters. The molecule has 3 rings (SSSR count). The fourth-order valence-electron chi connectivity index (χ4n) is 1.98. The average Bonchev–Trinajstić information content (AvgIpc) is 2.86. The number of nitrogens with zero attached hydrogens (tertiary/aromatic N) is 1. The molecular formula is C14H13FN2O2. The average molecular weight is 260 g/mol. The third-order valence-electron chi connectivity index (χ3n) is 2.98. The number of hydrogen-bond donors (Lipinski definition) is 1. The van der Waals surface area contributed by atoms with E-state index in [2.05, 4.69) is 10.3 Å². The summed E-state index contributed by atoms with van der Waals surface area (Å²) in [6.45, 7) is 2.20. The molecule has 2 heterocycles. The summed E-state index contributed by atoms with van der Waals surface area (Å²) in [5, 5.41) is 3.27. The molecule has 0 saturated carbocycles. The van der Waals surface area contributed by atoms with Crippen molar-refractivity contribution in [2.24, 2.45) is 0 Å². The highest BCUT2D eigenvalue weighted by atomic mass is 19.1. The second-order valence-electron chi connectivity index (χ2n) is 4.37. The quantitative estimate of drug-likeness (QED) is 0.920. The van der Waals surface area contributed by atoms with Crippen LogP contribution in [-0.4, -0.2) is 11.8 Å². The zero-order valence-electron chi connectivity index (χ0n) is 10.4. The molecule has 2 aromatic rings. The van der Waals surface area contributed by atoms with Gasteiger partial charge in [0.1, 0.15) is 5.82 Å². The SMILES string of the molecule is CC(Nc1ccc2c(c1)OCO2)c1cncc(F)c1. The van der Waals surface area contributed by atoms with E-state index in [-0.39, 0.29) is 18.7 Å². The van der Waals surface area contributed by atoms with Gasteiger partial charge in [-0.05, 0) is 30.7 Å². The number of nitrogens with one attached hydrogen (secondary N) is 1. The Kier molecular flexibility index (Phi) is 2.95. The van der Waals surface area contributed by atoms with Crippen LogP contribution < -0.4 is 14.8 Å². The van der Waals surface area contributed by atoms with E-state index in [0.717, 1.165) is 22.7 Å². The lowest BCUT2D eigenvalue weighted by Crippen LogP contribution is -2.07. The van der Waals surface area contributed by atoms with Gasteiger partial charge in [-0.15, -0.1) is 0 Å². The Morgan fingerprint density at radius 2 is 2.05 bits per heavy atom. The number of rotatable bonds is 3. The standard InChI is InChI=1S/C14H13FN2O2/c1-9(10-4-11(15)7-16-6-10)17-12-2-3-13-14(5-12)19-8-18-13/h2-7,9,17H,8H2,1H3. The summed E-state index contributed by atoms with van der Waals surface area (Å²) >= 11 is 0. The fourth-order valence-corrected chi connectivity index (χ4v) is 1.98. The summed E-state index contributed by atoms with van der Waals surface area (Å²) in [4.78, 5) is 3.85. The summed E-state index contributed by atoms with van der Waals surface area (Å²) in [6, 6.07) is 7.03. The third kappa shape index (κ3) is 2.45. The summed E-state index contributed by atoms with van der Waals surface area (Å²) in [7, 11) is 0. The van der Waals surface area contributed by atoms with Gasteiger partial charge in [0.15, 0.2) is 11.5 Å². The van der Waals surface area contributed by atoms with Gasteiger partial charge in [-0.25, -0.2) is 4.39 Å². The molecule has 0 spiro atoms. The smallest absolute Gasteiger partial charge is 0.231 e. The third-order valence-corrected chi connectivity index (χ3v) is 2.98. The van der Waals surface area contributed by atoms with Crippen molar-refractivity contribution in [3.05, 3.63) is 48.0 Å². The monoisotopic (exact) mass is 260 g/mol. The van der Waals surface area contributed by atoms with Crippen LogP contribution in [0.2, 0.25) is 0 Å². The van der Waals surface area contributed by atoms with Gasteiger partial charge in [0.25, 0.3) is 0 Å². The van der Waals surface area contributed by atoms with Crippen molar-refractivity contribution in [1.29, 1.82) is 0 Å². The Balaban J connectivity index is 1.77. The lowest BCUT2D eigenvalue weighted by atomic mass is 10.1. The molecule has 1 aliphatic rings. The van der Waals surface area contributed by atoms with Gasteiger partial charge in [-0.2, -0.15) is 0 Å². The highest BCUT2D eigenvalue weighted by Gasteiger charge is 2.14. The van der Waals surface area contributed by atoms with Crippen molar-refractivity contribution in [2.75, 3.05) is 12.1 Å². The maximum atomic E-state index is 13.1. The Hall–Kier alpha value is -2.30. The van der Waals surface area contributed by atoms with Crippen molar-refractivity contribution in [1.82, 2.24) is 4.98 Å². The summed E-state index contributed by atoms with van der Waals surface area (Å²) in [5.41, 5.74) is 1.68. The molecule has 0 bridgehead atoms. The molecule has 1 aliphatic heterocycles. The lowest BCUT2D eigenvalue weighted by Gasteiger charge is -2.15. The minimum Gasteiger partial charge on any atom is -0.454 e. The lowest BCUT2D eigenvalue weighted by molar-refractivity contribution is 0.174. The van der Waals surface area contributed by atoms with Crippen LogP contribution in [0.4, 0.5) is 10.1 Å². The van der Waals surface area contributed by atoms with Crippen molar-refractivity contribution >= 4 is 5.69 Å². The molecule has 5 heteroatoms. The highest BCUT2D eigenvalue weighted by molar-refractivity contribution is 5.56. The summed E-state index contributed by atoms with van der Waals surface area (Å²) < 4.78 is 23.7. The Morgan fingerprint density at radius 1 is 1.21 bits per heavy atom. The minimum absolute atomic E-state index is 0.0522. The normalized spacial score (nSPS) is 14.2. The molecule has 98 valence electrons. The number of halogens is 1. The van der Waals surface area contributed by atoms with Crippen molar-refractivity contribution in [3.8, 4) is 11.5 Å². The largest absolute Gasteiger partial charge is 0.454 e. The molecule has 19 heavy (non-hydrogen) atoms. The number of pyridine rings is 1. The van der Waals surface area contributed by atoms with E-state index in [4.69, 9.17) is 9.47 Å². The summed E-state index contributed by atoms with van der Waals surface area (Å²) in [5.74, 6) is 1.12. The number of benzene rings is 1. The second kappa shape index (κ2) is 4.76.